The molecule has 1 atom stereocenters. The summed E-state index contributed by atoms with van der Waals surface area (Å²) in [6.45, 7) is 5.51. The van der Waals surface area contributed by atoms with Crippen LogP contribution in [0, 0.1) is 5.82 Å². The molecule has 0 saturated carbocycles. The summed E-state index contributed by atoms with van der Waals surface area (Å²) in [7, 11) is 0. The van der Waals surface area contributed by atoms with Crippen molar-refractivity contribution in [2.45, 2.75) is 32.9 Å². The largest absolute Gasteiger partial charge is 0.307 e. The second-order valence-corrected chi connectivity index (χ2v) is 4.50. The van der Waals surface area contributed by atoms with Crippen molar-refractivity contribution in [3.05, 3.63) is 41.5 Å². The molecular formula is C13H18FN5. The molecule has 0 aliphatic heterocycles. The fourth-order valence-electron chi connectivity index (χ4n) is 1.89. The van der Waals surface area contributed by atoms with E-state index in [-0.39, 0.29) is 11.9 Å². The van der Waals surface area contributed by atoms with E-state index in [1.807, 2.05) is 13.0 Å². The van der Waals surface area contributed by atoms with Gasteiger partial charge in [0.25, 0.3) is 0 Å². The molecular weight excluding hydrogens is 245 g/mol. The number of nitrogens with one attached hydrogen (secondary N) is 1. The van der Waals surface area contributed by atoms with E-state index in [2.05, 4.69) is 27.8 Å². The minimum atomic E-state index is -0.246. The van der Waals surface area contributed by atoms with Gasteiger partial charge in [-0.2, -0.15) is 0 Å². The fraction of sp³-hybridized carbons (Fsp3) is 0.462. The van der Waals surface area contributed by atoms with Gasteiger partial charge in [0.15, 0.2) is 5.82 Å². The second kappa shape index (κ2) is 6.38. The van der Waals surface area contributed by atoms with Crippen LogP contribution in [-0.2, 0) is 6.54 Å². The van der Waals surface area contributed by atoms with Crippen LogP contribution in [0.25, 0.3) is 0 Å². The van der Waals surface area contributed by atoms with Crippen molar-refractivity contribution >= 4 is 0 Å². The lowest BCUT2D eigenvalue weighted by atomic mass is 10.2. The van der Waals surface area contributed by atoms with Crippen LogP contribution in [0.2, 0.25) is 0 Å². The number of tetrazole rings is 1. The van der Waals surface area contributed by atoms with Crippen molar-refractivity contribution in [2.75, 3.05) is 6.54 Å². The molecule has 2 rings (SSSR count). The van der Waals surface area contributed by atoms with E-state index in [1.165, 1.54) is 12.1 Å². The lowest BCUT2D eigenvalue weighted by molar-refractivity contribution is 0.503. The van der Waals surface area contributed by atoms with Crippen LogP contribution in [0.4, 0.5) is 4.39 Å². The third-order valence-corrected chi connectivity index (χ3v) is 2.87. The molecule has 1 aromatic carbocycles. The summed E-state index contributed by atoms with van der Waals surface area (Å²) < 4.78 is 14.8. The highest BCUT2D eigenvalue weighted by Crippen LogP contribution is 2.11. The number of nitrogens with zero attached hydrogens (tertiary/aromatic N) is 4. The Hall–Kier alpha value is -1.82. The van der Waals surface area contributed by atoms with Crippen LogP contribution < -0.4 is 5.32 Å². The molecule has 0 aliphatic rings. The molecule has 5 nitrogen and oxygen atoms in total. The van der Waals surface area contributed by atoms with E-state index in [1.54, 1.807) is 10.7 Å². The predicted octanol–water partition coefficient (Wildman–Crippen LogP) is 1.92. The van der Waals surface area contributed by atoms with E-state index in [0.29, 0.717) is 6.54 Å². The first-order chi connectivity index (χ1) is 9.20. The number of aromatic nitrogens is 4. The summed E-state index contributed by atoms with van der Waals surface area (Å²) in [5.74, 6) is 0.516. The Kier molecular flexibility index (Phi) is 4.57. The zero-order valence-corrected chi connectivity index (χ0v) is 11.2. The zero-order valence-electron chi connectivity index (χ0n) is 11.2. The van der Waals surface area contributed by atoms with Crippen LogP contribution in [0.1, 0.15) is 37.7 Å². The topological polar surface area (TPSA) is 55.6 Å². The lowest BCUT2D eigenvalue weighted by Gasteiger charge is -2.12. The SMILES string of the molecule is CCCNC(C)c1nnnn1Cc1cccc(F)c1. The van der Waals surface area contributed by atoms with Gasteiger partial charge >= 0.3 is 0 Å². The quantitative estimate of drug-likeness (QED) is 0.865. The highest BCUT2D eigenvalue weighted by molar-refractivity contribution is 5.16. The number of rotatable bonds is 6. The van der Waals surface area contributed by atoms with Crippen molar-refractivity contribution in [1.82, 2.24) is 25.5 Å². The number of halogens is 1. The second-order valence-electron chi connectivity index (χ2n) is 4.50. The molecule has 1 unspecified atom stereocenters. The van der Waals surface area contributed by atoms with E-state index in [4.69, 9.17) is 0 Å². The summed E-state index contributed by atoms with van der Waals surface area (Å²) >= 11 is 0. The third kappa shape index (κ3) is 3.57. The van der Waals surface area contributed by atoms with Crippen LogP contribution in [0.3, 0.4) is 0 Å². The number of benzene rings is 1. The maximum Gasteiger partial charge on any atom is 0.168 e. The van der Waals surface area contributed by atoms with Crippen molar-refractivity contribution < 1.29 is 4.39 Å². The maximum absolute atomic E-state index is 13.1. The normalized spacial score (nSPS) is 12.6. The third-order valence-electron chi connectivity index (χ3n) is 2.87. The average Bonchev–Trinajstić information content (AvgIpc) is 2.84. The maximum atomic E-state index is 13.1. The van der Waals surface area contributed by atoms with Crippen molar-refractivity contribution in [3.8, 4) is 0 Å². The molecule has 0 radical (unpaired) electrons. The van der Waals surface area contributed by atoms with E-state index < -0.39 is 0 Å². The van der Waals surface area contributed by atoms with Gasteiger partial charge in [-0.25, -0.2) is 9.07 Å². The molecule has 0 fully saturated rings. The Morgan fingerprint density at radius 3 is 3.00 bits per heavy atom. The van der Waals surface area contributed by atoms with Gasteiger partial charge < -0.3 is 5.32 Å². The number of hydrogen-bond donors (Lipinski definition) is 1. The van der Waals surface area contributed by atoms with Crippen LogP contribution >= 0.6 is 0 Å². The summed E-state index contributed by atoms with van der Waals surface area (Å²) in [5, 5.41) is 15.0. The monoisotopic (exact) mass is 263 g/mol. The Labute approximate surface area is 111 Å². The van der Waals surface area contributed by atoms with Gasteiger partial charge in [0.05, 0.1) is 12.6 Å². The van der Waals surface area contributed by atoms with Crippen LogP contribution in [-0.4, -0.2) is 26.8 Å². The standard InChI is InChI=1S/C13H18FN5/c1-3-7-15-10(2)13-16-17-18-19(13)9-11-5-4-6-12(14)8-11/h4-6,8,10,15H,3,7,9H2,1-2H3. The van der Waals surface area contributed by atoms with Crippen molar-refractivity contribution in [1.29, 1.82) is 0 Å². The summed E-state index contributed by atoms with van der Waals surface area (Å²) in [4.78, 5) is 0. The van der Waals surface area contributed by atoms with Gasteiger partial charge in [0, 0.05) is 0 Å². The molecule has 1 heterocycles. The minimum absolute atomic E-state index is 0.0727. The van der Waals surface area contributed by atoms with E-state index >= 15 is 0 Å². The van der Waals surface area contributed by atoms with E-state index in [9.17, 15) is 4.39 Å². The Morgan fingerprint density at radius 2 is 2.26 bits per heavy atom. The molecule has 1 N–H and O–H groups in total. The first-order valence-corrected chi connectivity index (χ1v) is 6.44. The average molecular weight is 263 g/mol. The van der Waals surface area contributed by atoms with Gasteiger partial charge in [-0.15, -0.1) is 5.10 Å². The van der Waals surface area contributed by atoms with Gasteiger partial charge in [-0.1, -0.05) is 19.1 Å². The molecule has 102 valence electrons. The Bertz CT molecular complexity index is 525. The molecule has 0 aliphatic carbocycles. The van der Waals surface area contributed by atoms with E-state index in [0.717, 1.165) is 24.4 Å². The Morgan fingerprint density at radius 1 is 1.42 bits per heavy atom. The highest BCUT2D eigenvalue weighted by atomic mass is 19.1. The first-order valence-electron chi connectivity index (χ1n) is 6.44. The highest BCUT2D eigenvalue weighted by Gasteiger charge is 2.13. The van der Waals surface area contributed by atoms with Crippen LogP contribution in [0.5, 0.6) is 0 Å². The van der Waals surface area contributed by atoms with Gasteiger partial charge in [0.2, 0.25) is 0 Å². The van der Waals surface area contributed by atoms with Gasteiger partial charge in [-0.3, -0.25) is 0 Å². The predicted molar refractivity (Wildman–Crippen MR) is 70.0 cm³/mol. The smallest absolute Gasteiger partial charge is 0.168 e. The molecule has 0 spiro atoms. The number of hydrogen-bond acceptors (Lipinski definition) is 4. The first kappa shape index (κ1) is 13.6. The zero-order chi connectivity index (χ0) is 13.7. The molecule has 0 saturated heterocycles. The summed E-state index contributed by atoms with van der Waals surface area (Å²) in [6.07, 6.45) is 1.05. The van der Waals surface area contributed by atoms with Gasteiger partial charge in [-0.05, 0) is 48.0 Å². The van der Waals surface area contributed by atoms with Crippen molar-refractivity contribution in [2.24, 2.45) is 0 Å². The molecule has 19 heavy (non-hydrogen) atoms. The molecule has 6 heteroatoms. The molecule has 0 bridgehead atoms. The molecule has 0 amide bonds. The van der Waals surface area contributed by atoms with Crippen LogP contribution in [0.15, 0.2) is 24.3 Å². The fourth-order valence-corrected chi connectivity index (χ4v) is 1.89. The molecule has 2 aromatic rings. The Balaban J connectivity index is 2.11. The summed E-state index contributed by atoms with van der Waals surface area (Å²) in [5.41, 5.74) is 0.844. The molecule has 1 aromatic heterocycles. The minimum Gasteiger partial charge on any atom is -0.307 e. The summed E-state index contributed by atoms with van der Waals surface area (Å²) in [6, 6.07) is 6.54. The lowest BCUT2D eigenvalue weighted by Crippen LogP contribution is -2.23. The van der Waals surface area contributed by atoms with Crippen molar-refractivity contribution in [3.63, 3.8) is 0 Å². The van der Waals surface area contributed by atoms with Gasteiger partial charge in [0.1, 0.15) is 5.82 Å².